The van der Waals surface area contributed by atoms with Crippen LogP contribution in [0.3, 0.4) is 0 Å². The Morgan fingerprint density at radius 2 is 1.81 bits per heavy atom. The highest BCUT2D eigenvalue weighted by molar-refractivity contribution is 5.87. The fourth-order valence-electron chi connectivity index (χ4n) is 3.94. The Kier molecular flexibility index (Phi) is 6.87. The number of hydrogen-bond donors (Lipinski definition) is 0. The van der Waals surface area contributed by atoms with E-state index < -0.39 is 0 Å². The fourth-order valence-corrected chi connectivity index (χ4v) is 3.94. The maximum atomic E-state index is 13.0. The summed E-state index contributed by atoms with van der Waals surface area (Å²) in [6.45, 7) is 2.11. The van der Waals surface area contributed by atoms with Gasteiger partial charge in [-0.2, -0.15) is 0 Å². The van der Waals surface area contributed by atoms with Crippen LogP contribution < -0.4 is 4.74 Å². The molecule has 0 radical (unpaired) electrons. The highest BCUT2D eigenvalue weighted by atomic mass is 16.5. The third kappa shape index (κ3) is 5.85. The van der Waals surface area contributed by atoms with Crippen molar-refractivity contribution in [3.63, 3.8) is 0 Å². The Morgan fingerprint density at radius 1 is 1.03 bits per heavy atom. The molecule has 1 aliphatic carbocycles. The van der Waals surface area contributed by atoms with Crippen molar-refractivity contribution in [2.24, 2.45) is 5.92 Å². The third-order valence-electron chi connectivity index (χ3n) is 5.90. The fraction of sp³-hybridized carbons (Fsp3) is 0.440. The van der Waals surface area contributed by atoms with Crippen LogP contribution in [0.2, 0.25) is 0 Å². The quantitative estimate of drug-likeness (QED) is 0.656. The van der Waals surface area contributed by atoms with Gasteiger partial charge in [0.2, 0.25) is 11.8 Å². The molecule has 2 aromatic rings. The summed E-state index contributed by atoms with van der Waals surface area (Å²) >= 11 is 0. The van der Waals surface area contributed by atoms with Crippen molar-refractivity contribution in [2.45, 2.75) is 32.0 Å². The molecule has 1 atom stereocenters. The van der Waals surface area contributed by atoms with Crippen molar-refractivity contribution >= 4 is 11.8 Å². The Morgan fingerprint density at radius 3 is 2.55 bits per heavy atom. The first-order valence-electron chi connectivity index (χ1n) is 11.0. The summed E-state index contributed by atoms with van der Waals surface area (Å²) in [6.07, 6.45) is 2.41. The van der Waals surface area contributed by atoms with E-state index in [-0.39, 0.29) is 30.4 Å². The molecule has 164 valence electrons. The predicted octanol–water partition coefficient (Wildman–Crippen LogP) is 2.90. The Hall–Kier alpha value is -2.86. The van der Waals surface area contributed by atoms with Crippen molar-refractivity contribution in [1.29, 1.82) is 0 Å². The molecular formula is C25H30N2O4. The van der Waals surface area contributed by atoms with Crippen LogP contribution in [0.15, 0.2) is 54.6 Å². The average molecular weight is 423 g/mol. The van der Waals surface area contributed by atoms with Crippen molar-refractivity contribution in [1.82, 2.24) is 9.80 Å². The molecule has 0 unspecified atom stereocenters. The lowest BCUT2D eigenvalue weighted by atomic mass is 10.1. The van der Waals surface area contributed by atoms with Gasteiger partial charge < -0.3 is 19.3 Å². The number of nitrogens with zero attached hydrogens (tertiary/aromatic N) is 2. The highest BCUT2D eigenvalue weighted by Crippen LogP contribution is 2.31. The van der Waals surface area contributed by atoms with Gasteiger partial charge in [-0.15, -0.1) is 0 Å². The van der Waals surface area contributed by atoms with Crippen LogP contribution in [0.1, 0.15) is 24.0 Å². The second-order valence-electron chi connectivity index (χ2n) is 8.35. The zero-order valence-electron chi connectivity index (χ0n) is 18.0. The van der Waals surface area contributed by atoms with E-state index in [4.69, 9.17) is 9.47 Å². The van der Waals surface area contributed by atoms with Crippen LogP contribution in [-0.4, -0.2) is 61.0 Å². The van der Waals surface area contributed by atoms with E-state index in [0.717, 1.165) is 30.6 Å². The molecular weight excluding hydrogens is 392 g/mol. The molecule has 1 heterocycles. The molecule has 1 aliphatic heterocycles. The molecule has 2 amide bonds. The van der Waals surface area contributed by atoms with Gasteiger partial charge >= 0.3 is 0 Å². The van der Waals surface area contributed by atoms with E-state index in [1.165, 1.54) is 5.56 Å². The molecule has 6 nitrogen and oxygen atoms in total. The summed E-state index contributed by atoms with van der Waals surface area (Å²) in [4.78, 5) is 29.2. The lowest BCUT2D eigenvalue weighted by molar-refractivity contribution is -0.139. The number of methoxy groups -OCH3 is 1. The number of amides is 2. The Balaban J connectivity index is 1.43. The molecule has 1 saturated heterocycles. The molecule has 0 spiro atoms. The SMILES string of the molecule is COc1cccc(CO[C@@H]2CN(CCc3ccccc3)C(=O)CN(C(=O)C3CC3)C2)c1. The number of benzene rings is 2. The normalized spacial score (nSPS) is 19.3. The molecule has 0 N–H and O–H groups in total. The lowest BCUT2D eigenvalue weighted by Gasteiger charge is -2.25. The smallest absolute Gasteiger partial charge is 0.242 e. The van der Waals surface area contributed by atoms with Gasteiger partial charge in [-0.05, 0) is 42.5 Å². The number of hydrogen-bond acceptors (Lipinski definition) is 4. The Labute approximate surface area is 183 Å². The van der Waals surface area contributed by atoms with Crippen LogP contribution >= 0.6 is 0 Å². The van der Waals surface area contributed by atoms with Crippen molar-refractivity contribution < 1.29 is 19.1 Å². The molecule has 2 aromatic carbocycles. The van der Waals surface area contributed by atoms with Gasteiger partial charge in [0, 0.05) is 25.6 Å². The lowest BCUT2D eigenvalue weighted by Crippen LogP contribution is -2.40. The molecule has 31 heavy (non-hydrogen) atoms. The molecule has 2 aliphatic rings. The monoisotopic (exact) mass is 422 g/mol. The number of rotatable bonds is 8. The largest absolute Gasteiger partial charge is 0.497 e. The van der Waals surface area contributed by atoms with Crippen LogP contribution in [0.25, 0.3) is 0 Å². The van der Waals surface area contributed by atoms with Gasteiger partial charge in [0.25, 0.3) is 0 Å². The van der Waals surface area contributed by atoms with Gasteiger partial charge in [-0.3, -0.25) is 9.59 Å². The molecule has 4 rings (SSSR count). The van der Waals surface area contributed by atoms with Gasteiger partial charge in [-0.1, -0.05) is 42.5 Å². The average Bonchev–Trinajstić information content (AvgIpc) is 3.65. The standard InChI is InChI=1S/C25H30N2O4/c1-30-22-9-5-8-20(14-22)18-31-23-15-26(13-12-19-6-3-2-4-7-19)24(28)17-27(16-23)25(29)21-10-11-21/h2-9,14,21,23H,10-13,15-18H2,1H3/t23-/m1/s1. The molecule has 0 bridgehead atoms. The topological polar surface area (TPSA) is 59.1 Å². The number of ether oxygens (including phenoxy) is 2. The van der Waals surface area contributed by atoms with Gasteiger partial charge in [0.15, 0.2) is 0 Å². The molecule has 1 saturated carbocycles. The summed E-state index contributed by atoms with van der Waals surface area (Å²) in [5, 5.41) is 0. The zero-order chi connectivity index (χ0) is 21.6. The summed E-state index contributed by atoms with van der Waals surface area (Å²) in [6, 6.07) is 17.9. The van der Waals surface area contributed by atoms with E-state index in [0.29, 0.717) is 26.2 Å². The van der Waals surface area contributed by atoms with E-state index in [1.807, 2.05) is 47.4 Å². The minimum absolute atomic E-state index is 0.00240. The van der Waals surface area contributed by atoms with Crippen LogP contribution in [0, 0.1) is 5.92 Å². The van der Waals surface area contributed by atoms with E-state index in [9.17, 15) is 9.59 Å². The van der Waals surface area contributed by atoms with Gasteiger partial charge in [0.05, 0.1) is 26.4 Å². The molecule has 6 heteroatoms. The van der Waals surface area contributed by atoms with E-state index in [1.54, 1.807) is 12.0 Å². The maximum Gasteiger partial charge on any atom is 0.242 e. The van der Waals surface area contributed by atoms with E-state index >= 15 is 0 Å². The zero-order valence-corrected chi connectivity index (χ0v) is 18.0. The first kappa shape index (κ1) is 21.4. The van der Waals surface area contributed by atoms with Crippen molar-refractivity contribution in [3.05, 3.63) is 65.7 Å². The number of carbonyl (C=O) groups excluding carboxylic acids is 2. The first-order valence-corrected chi connectivity index (χ1v) is 11.0. The minimum atomic E-state index is -0.226. The Bertz CT molecular complexity index is 897. The predicted molar refractivity (Wildman–Crippen MR) is 118 cm³/mol. The van der Waals surface area contributed by atoms with Crippen molar-refractivity contribution in [2.75, 3.05) is 33.3 Å². The second kappa shape index (κ2) is 9.96. The van der Waals surface area contributed by atoms with Crippen LogP contribution in [0.4, 0.5) is 0 Å². The maximum absolute atomic E-state index is 13.0. The second-order valence-corrected chi connectivity index (χ2v) is 8.35. The minimum Gasteiger partial charge on any atom is -0.497 e. The summed E-state index contributed by atoms with van der Waals surface area (Å²) in [5.74, 6) is 0.959. The third-order valence-corrected chi connectivity index (χ3v) is 5.90. The first-order chi connectivity index (χ1) is 15.1. The van der Waals surface area contributed by atoms with Gasteiger partial charge in [-0.25, -0.2) is 0 Å². The molecule has 2 fully saturated rings. The van der Waals surface area contributed by atoms with Crippen molar-refractivity contribution in [3.8, 4) is 5.75 Å². The highest BCUT2D eigenvalue weighted by Gasteiger charge is 2.37. The summed E-state index contributed by atoms with van der Waals surface area (Å²) in [7, 11) is 1.64. The van der Waals surface area contributed by atoms with Crippen LogP contribution in [-0.2, 0) is 27.4 Å². The van der Waals surface area contributed by atoms with E-state index in [2.05, 4.69) is 12.1 Å². The van der Waals surface area contributed by atoms with Gasteiger partial charge in [0.1, 0.15) is 5.75 Å². The molecule has 0 aromatic heterocycles. The summed E-state index contributed by atoms with van der Waals surface area (Å²) in [5.41, 5.74) is 2.20. The van der Waals surface area contributed by atoms with Crippen LogP contribution in [0.5, 0.6) is 5.75 Å². The summed E-state index contributed by atoms with van der Waals surface area (Å²) < 4.78 is 11.5. The number of carbonyl (C=O) groups is 2.